The van der Waals surface area contributed by atoms with Crippen molar-refractivity contribution in [3.05, 3.63) is 84.0 Å². The van der Waals surface area contributed by atoms with E-state index < -0.39 is 17.7 Å². The molecule has 37 heavy (non-hydrogen) atoms. The molecule has 194 valence electrons. The van der Waals surface area contributed by atoms with E-state index in [0.29, 0.717) is 49.8 Å². The van der Waals surface area contributed by atoms with Gasteiger partial charge in [0, 0.05) is 31.0 Å². The molecule has 0 bridgehead atoms. The van der Waals surface area contributed by atoms with Crippen LogP contribution in [0.4, 0.5) is 0 Å². The number of carbonyl (C=O) groups is 2. The van der Waals surface area contributed by atoms with E-state index in [0.717, 1.165) is 18.4 Å². The molecule has 4 rings (SSSR count). The molecule has 2 heterocycles. The van der Waals surface area contributed by atoms with Crippen LogP contribution in [0.15, 0.2) is 72.8 Å². The second-order valence-electron chi connectivity index (χ2n) is 8.94. The molecule has 0 radical (unpaired) electrons. The molecule has 0 aliphatic carbocycles. The predicted molar refractivity (Wildman–Crippen MR) is 140 cm³/mol. The van der Waals surface area contributed by atoms with Gasteiger partial charge in [0.25, 0.3) is 11.7 Å². The van der Waals surface area contributed by atoms with E-state index >= 15 is 0 Å². The number of ketones is 1. The molecule has 0 spiro atoms. The third kappa shape index (κ3) is 6.02. The molecule has 8 nitrogen and oxygen atoms in total. The lowest BCUT2D eigenvalue weighted by Gasteiger charge is -2.25. The average Bonchev–Trinajstić information content (AvgIpc) is 3.53. The van der Waals surface area contributed by atoms with Crippen molar-refractivity contribution in [1.82, 2.24) is 14.5 Å². The molecule has 1 aromatic heterocycles. The van der Waals surface area contributed by atoms with Gasteiger partial charge < -0.3 is 24.0 Å². The summed E-state index contributed by atoms with van der Waals surface area (Å²) in [5, 5.41) is 11.3. The number of imidazole rings is 1. The zero-order chi connectivity index (χ0) is 26.2. The highest BCUT2D eigenvalue weighted by molar-refractivity contribution is 6.46. The van der Waals surface area contributed by atoms with E-state index in [2.05, 4.69) is 4.98 Å². The van der Waals surface area contributed by atoms with Gasteiger partial charge in [-0.15, -0.1) is 0 Å². The Hall–Kier alpha value is -4.07. The first kappa shape index (κ1) is 26.0. The van der Waals surface area contributed by atoms with E-state index in [1.807, 2.05) is 48.9 Å². The quantitative estimate of drug-likeness (QED) is 0.213. The molecular formula is C29H33N3O5. The fourth-order valence-corrected chi connectivity index (χ4v) is 4.37. The molecule has 1 N–H and O–H groups in total. The minimum absolute atomic E-state index is 0.0718. The number of hydrogen-bond acceptors (Lipinski definition) is 6. The minimum atomic E-state index is -0.719. The summed E-state index contributed by atoms with van der Waals surface area (Å²) >= 11 is 0. The maximum atomic E-state index is 13.3. The summed E-state index contributed by atoms with van der Waals surface area (Å²) in [4.78, 5) is 32.1. The molecule has 1 saturated heterocycles. The maximum Gasteiger partial charge on any atom is 0.295 e. The maximum absolute atomic E-state index is 13.3. The zero-order valence-electron chi connectivity index (χ0n) is 21.3. The van der Waals surface area contributed by atoms with Crippen LogP contribution >= 0.6 is 0 Å². The van der Waals surface area contributed by atoms with Crippen molar-refractivity contribution in [2.45, 2.75) is 45.7 Å². The number of likely N-dealkylation sites (tertiary alicyclic amines) is 1. The van der Waals surface area contributed by atoms with Gasteiger partial charge in [0.1, 0.15) is 17.3 Å². The van der Waals surface area contributed by atoms with E-state index in [-0.39, 0.29) is 11.3 Å². The molecule has 2 aromatic carbocycles. The second-order valence-corrected chi connectivity index (χ2v) is 8.94. The van der Waals surface area contributed by atoms with Crippen LogP contribution in [-0.4, -0.2) is 51.0 Å². The second kappa shape index (κ2) is 12.3. The summed E-state index contributed by atoms with van der Waals surface area (Å²) in [7, 11) is 0. The van der Waals surface area contributed by atoms with Crippen molar-refractivity contribution in [2.75, 3.05) is 19.8 Å². The van der Waals surface area contributed by atoms with Gasteiger partial charge >= 0.3 is 0 Å². The lowest BCUT2D eigenvalue weighted by Crippen LogP contribution is -2.31. The topological polar surface area (TPSA) is 93.9 Å². The lowest BCUT2D eigenvalue weighted by molar-refractivity contribution is -0.139. The van der Waals surface area contributed by atoms with Gasteiger partial charge in [-0.2, -0.15) is 0 Å². The van der Waals surface area contributed by atoms with Crippen LogP contribution in [-0.2, 0) is 16.1 Å². The Labute approximate surface area is 217 Å². The van der Waals surface area contributed by atoms with Gasteiger partial charge in [-0.25, -0.2) is 4.98 Å². The number of aryl methyl sites for hydroxylation is 1. The molecule has 1 unspecified atom stereocenters. The minimum Gasteiger partial charge on any atom is -0.507 e. The number of rotatable bonds is 12. The van der Waals surface area contributed by atoms with Gasteiger partial charge in [0.05, 0.1) is 31.2 Å². The third-order valence-corrected chi connectivity index (χ3v) is 6.16. The number of ether oxygens (including phenoxy) is 2. The fraction of sp³-hybridized carbons (Fsp3) is 0.345. The Morgan fingerprint density at radius 2 is 1.70 bits per heavy atom. The Morgan fingerprint density at radius 3 is 2.38 bits per heavy atom. The van der Waals surface area contributed by atoms with Gasteiger partial charge in [-0.05, 0) is 49.1 Å². The standard InChI is InChI=1S/C29H33N3O5/c1-3-17-36-23-11-9-21(10-12-23)26-25(27(33)22-7-5-8-24(19-22)37-18-4-2)28(34)29(35)32(26)15-6-14-31-16-13-30-20-31/h5,7-13,16,19-20,26,33H,3-4,6,14-15,17-18H2,1-2H3/b27-25+. The Bertz CT molecular complexity index is 1230. The number of aromatic nitrogens is 2. The molecule has 8 heteroatoms. The SMILES string of the molecule is CCCOc1ccc(C2/C(=C(\O)c3cccc(OCCC)c3)C(=O)C(=O)N2CCCn2ccnc2)cc1. The predicted octanol–water partition coefficient (Wildman–Crippen LogP) is 4.97. The smallest absolute Gasteiger partial charge is 0.295 e. The number of amides is 1. The summed E-state index contributed by atoms with van der Waals surface area (Å²) in [6, 6.07) is 13.6. The molecule has 1 aliphatic rings. The van der Waals surface area contributed by atoms with Crippen LogP contribution in [0.25, 0.3) is 5.76 Å². The molecule has 1 aliphatic heterocycles. The van der Waals surface area contributed by atoms with E-state index in [4.69, 9.17) is 9.47 Å². The molecule has 0 saturated carbocycles. The van der Waals surface area contributed by atoms with Crippen molar-refractivity contribution < 1.29 is 24.2 Å². The van der Waals surface area contributed by atoms with Gasteiger partial charge in [0.2, 0.25) is 0 Å². The van der Waals surface area contributed by atoms with E-state index in [1.54, 1.807) is 41.7 Å². The largest absolute Gasteiger partial charge is 0.507 e. The Morgan fingerprint density at radius 1 is 0.973 bits per heavy atom. The number of aliphatic hydroxyl groups is 1. The molecule has 3 aromatic rings. The Balaban J connectivity index is 1.69. The number of hydrogen-bond donors (Lipinski definition) is 1. The average molecular weight is 504 g/mol. The summed E-state index contributed by atoms with van der Waals surface area (Å²) in [6.45, 7) is 6.18. The van der Waals surface area contributed by atoms with E-state index in [9.17, 15) is 14.7 Å². The highest BCUT2D eigenvalue weighted by atomic mass is 16.5. The fourth-order valence-electron chi connectivity index (χ4n) is 4.37. The molecule has 1 atom stereocenters. The molecule has 1 fully saturated rings. The molecule has 1 amide bonds. The van der Waals surface area contributed by atoms with Crippen molar-refractivity contribution in [3.63, 3.8) is 0 Å². The van der Waals surface area contributed by atoms with Crippen LogP contribution in [0.1, 0.15) is 50.3 Å². The van der Waals surface area contributed by atoms with Gasteiger partial charge in [0.15, 0.2) is 0 Å². The van der Waals surface area contributed by atoms with E-state index in [1.165, 1.54) is 0 Å². The summed E-state index contributed by atoms with van der Waals surface area (Å²) < 4.78 is 13.3. The van der Waals surface area contributed by atoms with Crippen molar-refractivity contribution in [2.24, 2.45) is 0 Å². The number of nitrogens with zero attached hydrogens (tertiary/aromatic N) is 3. The van der Waals surface area contributed by atoms with Gasteiger partial charge in [-0.3, -0.25) is 9.59 Å². The van der Waals surface area contributed by atoms with Crippen LogP contribution in [0, 0.1) is 0 Å². The summed E-state index contributed by atoms with van der Waals surface area (Å²) in [5.41, 5.74) is 1.23. The first-order valence-corrected chi connectivity index (χ1v) is 12.7. The highest BCUT2D eigenvalue weighted by Gasteiger charge is 2.45. The first-order chi connectivity index (χ1) is 18.0. The number of carbonyl (C=O) groups excluding carboxylic acids is 2. The summed E-state index contributed by atoms with van der Waals surface area (Å²) in [5.74, 6) is -0.232. The zero-order valence-corrected chi connectivity index (χ0v) is 21.3. The number of benzene rings is 2. The van der Waals surface area contributed by atoms with Crippen molar-refractivity contribution in [1.29, 1.82) is 0 Å². The third-order valence-electron chi connectivity index (χ3n) is 6.16. The summed E-state index contributed by atoms with van der Waals surface area (Å²) in [6.07, 6.45) is 7.63. The number of aliphatic hydroxyl groups excluding tert-OH is 1. The van der Waals surface area contributed by atoms with Crippen LogP contribution in [0.2, 0.25) is 0 Å². The molecular weight excluding hydrogens is 470 g/mol. The highest BCUT2D eigenvalue weighted by Crippen LogP contribution is 2.40. The first-order valence-electron chi connectivity index (χ1n) is 12.7. The van der Waals surface area contributed by atoms with Crippen molar-refractivity contribution >= 4 is 17.4 Å². The normalized spacial score (nSPS) is 16.8. The number of Topliss-reactive ketones (excluding diaryl/α,β-unsaturated/α-hetero) is 1. The van der Waals surface area contributed by atoms with Crippen LogP contribution in [0.5, 0.6) is 11.5 Å². The van der Waals surface area contributed by atoms with Crippen LogP contribution < -0.4 is 9.47 Å². The lowest BCUT2D eigenvalue weighted by atomic mass is 9.95. The van der Waals surface area contributed by atoms with Crippen LogP contribution in [0.3, 0.4) is 0 Å². The Kier molecular flexibility index (Phi) is 8.61. The van der Waals surface area contributed by atoms with Crippen molar-refractivity contribution in [3.8, 4) is 11.5 Å². The monoisotopic (exact) mass is 503 g/mol. The van der Waals surface area contributed by atoms with Gasteiger partial charge in [-0.1, -0.05) is 38.1 Å².